The average Bonchev–Trinajstić information content (AvgIpc) is 2.96. The van der Waals surface area contributed by atoms with Crippen molar-refractivity contribution in [1.29, 1.82) is 5.26 Å². The molecule has 2 unspecified atom stereocenters. The van der Waals surface area contributed by atoms with Gasteiger partial charge in [0.15, 0.2) is 6.29 Å². The Hall–Kier alpha value is -3.70. The van der Waals surface area contributed by atoms with Crippen molar-refractivity contribution >= 4 is 28.4 Å². The van der Waals surface area contributed by atoms with Crippen molar-refractivity contribution in [2.75, 3.05) is 58.3 Å². The molecular formula is C29H39N7O5. The standard InChI is InChI=1S/C29H39N7O5/c1-34-7-9-35(10-8-34)24-6-5-20-11-19(3-4-21(20)13-24)12-22(15-30)29(39)33-16-23(31)17-36(32)18-26-28(38)25(37)14-27(40-2)41-26/h3-6,11-13,17,25-28,37-38H,7-10,14,16,18,31-32H2,1-2H3,(H,33,39)/b22-12+,23-17-/t25?,26?,27-,28-/m0/s1. The SMILES string of the molecule is CO[C@@H]1CC(O)[C@H](O)C(CN(N)/C=C(\N)CNC(=O)/C(C#N)=C/c2ccc3cc(N4CCN(C)CC4)ccc3c2)O1. The summed E-state index contributed by atoms with van der Waals surface area (Å²) in [6.07, 6.45) is -0.544. The molecule has 12 nitrogen and oxygen atoms in total. The van der Waals surface area contributed by atoms with E-state index in [9.17, 15) is 20.3 Å². The first-order chi connectivity index (χ1) is 19.7. The molecule has 0 aromatic heterocycles. The molecule has 2 aromatic rings. The second-order valence-corrected chi connectivity index (χ2v) is 10.5. The number of carbonyl (C=O) groups excluding carboxylic acids is 1. The molecule has 0 bridgehead atoms. The number of nitriles is 1. The molecule has 2 saturated heterocycles. The Morgan fingerprint density at radius 3 is 2.63 bits per heavy atom. The van der Waals surface area contributed by atoms with Crippen LogP contribution in [0.25, 0.3) is 16.8 Å². The Labute approximate surface area is 240 Å². The van der Waals surface area contributed by atoms with E-state index in [1.165, 1.54) is 30.1 Å². The molecule has 1 amide bonds. The Bertz CT molecular complexity index is 1320. The highest BCUT2D eigenvalue weighted by molar-refractivity contribution is 6.02. The van der Waals surface area contributed by atoms with E-state index < -0.39 is 30.5 Å². The number of piperazine rings is 1. The van der Waals surface area contributed by atoms with Crippen molar-refractivity contribution in [3.8, 4) is 6.07 Å². The number of benzene rings is 2. The van der Waals surface area contributed by atoms with Gasteiger partial charge in [0.05, 0.1) is 19.2 Å². The second kappa shape index (κ2) is 13.8. The smallest absolute Gasteiger partial charge is 0.262 e. The number of rotatable bonds is 9. The lowest BCUT2D eigenvalue weighted by molar-refractivity contribution is -0.244. The molecule has 0 aliphatic carbocycles. The van der Waals surface area contributed by atoms with Crippen LogP contribution in [0, 0.1) is 11.3 Å². The zero-order valence-electron chi connectivity index (χ0n) is 23.4. The first-order valence-electron chi connectivity index (χ1n) is 13.6. The van der Waals surface area contributed by atoms with Crippen molar-refractivity contribution in [3.63, 3.8) is 0 Å². The van der Waals surface area contributed by atoms with Gasteiger partial charge in [0.25, 0.3) is 5.91 Å². The van der Waals surface area contributed by atoms with Crippen LogP contribution in [0.4, 0.5) is 5.69 Å². The van der Waals surface area contributed by atoms with E-state index in [1.54, 1.807) is 0 Å². The van der Waals surface area contributed by atoms with Gasteiger partial charge in [-0.15, -0.1) is 0 Å². The number of nitrogens with zero attached hydrogens (tertiary/aromatic N) is 4. The van der Waals surface area contributed by atoms with E-state index in [-0.39, 0.29) is 30.8 Å². The number of fused-ring (bicyclic) bond motifs is 1. The number of ether oxygens (including phenoxy) is 2. The lowest BCUT2D eigenvalue weighted by atomic mass is 10.0. The van der Waals surface area contributed by atoms with Gasteiger partial charge in [-0.05, 0) is 47.7 Å². The Kier molecular flexibility index (Phi) is 10.2. The van der Waals surface area contributed by atoms with Crippen LogP contribution in [0.1, 0.15) is 12.0 Å². The minimum absolute atomic E-state index is 0.0227. The molecule has 2 aliphatic rings. The van der Waals surface area contributed by atoms with Crippen LogP contribution in [0.15, 0.2) is 53.9 Å². The molecule has 0 radical (unpaired) electrons. The molecule has 12 heteroatoms. The topological polar surface area (TPSA) is 174 Å². The molecule has 7 N–H and O–H groups in total. The van der Waals surface area contributed by atoms with E-state index in [4.69, 9.17) is 21.1 Å². The van der Waals surface area contributed by atoms with Crippen molar-refractivity contribution in [3.05, 3.63) is 59.4 Å². The van der Waals surface area contributed by atoms with Gasteiger partial charge >= 0.3 is 0 Å². The molecule has 4 atom stereocenters. The van der Waals surface area contributed by atoms with Crippen LogP contribution in [-0.4, -0.2) is 104 Å². The number of aliphatic hydroxyl groups is 2. The van der Waals surface area contributed by atoms with Crippen LogP contribution < -0.4 is 21.8 Å². The molecule has 41 heavy (non-hydrogen) atoms. The Morgan fingerprint density at radius 2 is 1.93 bits per heavy atom. The minimum Gasteiger partial charge on any atom is -0.399 e. The van der Waals surface area contributed by atoms with Gasteiger partial charge in [-0.2, -0.15) is 5.26 Å². The van der Waals surface area contributed by atoms with Gasteiger partial charge in [0, 0.05) is 57.3 Å². The highest BCUT2D eigenvalue weighted by Gasteiger charge is 2.37. The van der Waals surface area contributed by atoms with Crippen LogP contribution in [-0.2, 0) is 14.3 Å². The van der Waals surface area contributed by atoms with Gasteiger partial charge in [-0.3, -0.25) is 4.79 Å². The maximum atomic E-state index is 12.7. The second-order valence-electron chi connectivity index (χ2n) is 10.5. The van der Waals surface area contributed by atoms with Crippen molar-refractivity contribution in [2.24, 2.45) is 11.6 Å². The molecule has 0 saturated carbocycles. The lowest BCUT2D eigenvalue weighted by Gasteiger charge is -2.37. The molecule has 2 aromatic carbocycles. The largest absolute Gasteiger partial charge is 0.399 e. The summed E-state index contributed by atoms with van der Waals surface area (Å²) in [6.45, 7) is 4.01. The summed E-state index contributed by atoms with van der Waals surface area (Å²) >= 11 is 0. The van der Waals surface area contributed by atoms with Crippen LogP contribution in [0.2, 0.25) is 0 Å². The monoisotopic (exact) mass is 565 g/mol. The third-order valence-corrected chi connectivity index (χ3v) is 7.37. The number of hydrogen-bond acceptors (Lipinski definition) is 11. The third-order valence-electron chi connectivity index (χ3n) is 7.37. The van der Waals surface area contributed by atoms with Crippen LogP contribution in [0.3, 0.4) is 0 Å². The molecule has 2 fully saturated rings. The van der Waals surface area contributed by atoms with Gasteiger partial charge in [-0.25, -0.2) is 5.84 Å². The summed E-state index contributed by atoms with van der Waals surface area (Å²) in [5, 5.41) is 35.7. The molecular weight excluding hydrogens is 526 g/mol. The zero-order valence-corrected chi connectivity index (χ0v) is 23.4. The fourth-order valence-corrected chi connectivity index (χ4v) is 4.93. The predicted octanol–water partition coefficient (Wildman–Crippen LogP) is 0.0738. The number of nitrogens with two attached hydrogens (primary N) is 2. The highest BCUT2D eigenvalue weighted by atomic mass is 16.7. The van der Waals surface area contributed by atoms with Crippen molar-refractivity contribution < 1.29 is 24.5 Å². The van der Waals surface area contributed by atoms with Gasteiger partial charge < -0.3 is 45.5 Å². The number of hydrazine groups is 1. The van der Waals surface area contributed by atoms with Crippen LogP contribution in [0.5, 0.6) is 0 Å². The maximum absolute atomic E-state index is 12.7. The molecule has 220 valence electrons. The summed E-state index contributed by atoms with van der Waals surface area (Å²) in [5.41, 5.74) is 8.09. The van der Waals surface area contributed by atoms with Gasteiger partial charge in [0.2, 0.25) is 0 Å². The maximum Gasteiger partial charge on any atom is 0.262 e. The fourth-order valence-electron chi connectivity index (χ4n) is 4.93. The molecule has 0 spiro atoms. The van der Waals surface area contributed by atoms with Crippen molar-refractivity contribution in [2.45, 2.75) is 31.0 Å². The number of likely N-dealkylation sites (N-methyl/N-ethyl adjacent to an activating group) is 1. The number of amides is 1. The van der Waals surface area contributed by atoms with E-state index >= 15 is 0 Å². The van der Waals surface area contributed by atoms with Gasteiger partial charge in [0.1, 0.15) is 23.9 Å². The quantitative estimate of drug-likeness (QED) is 0.121. The first-order valence-corrected chi connectivity index (χ1v) is 13.6. The van der Waals surface area contributed by atoms with E-state index in [0.717, 1.165) is 42.5 Å². The highest BCUT2D eigenvalue weighted by Crippen LogP contribution is 2.25. The Balaban J connectivity index is 1.34. The summed E-state index contributed by atoms with van der Waals surface area (Å²) in [7, 11) is 3.58. The molecule has 2 heterocycles. The van der Waals surface area contributed by atoms with Gasteiger partial charge in [-0.1, -0.05) is 18.2 Å². The molecule has 2 aliphatic heterocycles. The zero-order chi connectivity index (χ0) is 29.5. The number of nitrogens with one attached hydrogen (secondary N) is 1. The number of hydrogen-bond donors (Lipinski definition) is 5. The van der Waals surface area contributed by atoms with Crippen LogP contribution >= 0.6 is 0 Å². The normalized spacial score (nSPS) is 24.2. The van der Waals surface area contributed by atoms with Crippen molar-refractivity contribution in [1.82, 2.24) is 15.2 Å². The summed E-state index contributed by atoms with van der Waals surface area (Å²) in [5.74, 6) is 5.41. The number of aliphatic hydroxyl groups excluding tert-OH is 2. The molecule has 4 rings (SSSR count). The predicted molar refractivity (Wildman–Crippen MR) is 156 cm³/mol. The fraction of sp³-hybridized carbons (Fsp3) is 0.448. The summed E-state index contributed by atoms with van der Waals surface area (Å²) in [6, 6.07) is 14.1. The van der Waals surface area contributed by atoms with E-state index in [0.29, 0.717) is 0 Å². The average molecular weight is 566 g/mol. The minimum atomic E-state index is -1.14. The summed E-state index contributed by atoms with van der Waals surface area (Å²) in [4.78, 5) is 17.4. The Morgan fingerprint density at radius 1 is 1.22 bits per heavy atom. The van der Waals surface area contributed by atoms with E-state index in [2.05, 4.69) is 40.4 Å². The van der Waals surface area contributed by atoms with E-state index in [1.807, 2.05) is 24.3 Å². The number of carbonyl (C=O) groups is 1. The lowest BCUT2D eigenvalue weighted by Crippen LogP contribution is -2.53. The summed E-state index contributed by atoms with van der Waals surface area (Å²) < 4.78 is 10.7. The number of anilines is 1. The first kappa shape index (κ1) is 30.3. The third kappa shape index (κ3) is 7.95. The number of methoxy groups -OCH3 is 1.